The molecule has 12 heteroatoms. The highest BCUT2D eigenvalue weighted by molar-refractivity contribution is 5.66. The van der Waals surface area contributed by atoms with Crippen LogP contribution in [0.4, 0.5) is 17.1 Å². The molecule has 1 fully saturated rings. The standard InChI is InChI=1S/C33H33N3O9/c37-31-30(34-27-17-16-26(35(38)39)18-28(27)36(40)41)33(44-21-25-14-8-3-9-15-25)45-29(22-42-19-23-10-4-1-5-11-23)32(31)43-20-24-12-6-2-7-13-24/h1-18,29-34,37H,19-22H2/t29-,30-,31-,32-,33-/m1/s1. The Bertz CT molecular complexity index is 1540. The van der Waals surface area contributed by atoms with Crippen LogP contribution >= 0.6 is 0 Å². The monoisotopic (exact) mass is 615 g/mol. The predicted molar refractivity (Wildman–Crippen MR) is 164 cm³/mol. The van der Waals surface area contributed by atoms with Crippen molar-refractivity contribution in [3.63, 3.8) is 0 Å². The van der Waals surface area contributed by atoms with E-state index in [-0.39, 0.29) is 25.5 Å². The Morgan fingerprint density at radius 2 is 1.29 bits per heavy atom. The summed E-state index contributed by atoms with van der Waals surface area (Å²) < 4.78 is 24.8. The summed E-state index contributed by atoms with van der Waals surface area (Å²) in [7, 11) is 0. The normalized spacial score (nSPS) is 21.2. The number of hydrogen-bond donors (Lipinski definition) is 2. The quantitative estimate of drug-likeness (QED) is 0.139. The molecule has 1 aliphatic heterocycles. The molecule has 5 rings (SSSR count). The molecule has 0 unspecified atom stereocenters. The molecule has 4 aromatic carbocycles. The van der Waals surface area contributed by atoms with Crippen molar-refractivity contribution in [2.75, 3.05) is 11.9 Å². The third-order valence-corrected chi connectivity index (χ3v) is 7.32. The van der Waals surface area contributed by atoms with Gasteiger partial charge in [-0.1, -0.05) is 91.0 Å². The fourth-order valence-corrected chi connectivity index (χ4v) is 5.03. The van der Waals surface area contributed by atoms with Crippen LogP contribution in [0.15, 0.2) is 109 Å². The first-order valence-corrected chi connectivity index (χ1v) is 14.3. The van der Waals surface area contributed by atoms with Crippen LogP contribution in [0.25, 0.3) is 0 Å². The fraction of sp³-hybridized carbons (Fsp3) is 0.273. The molecule has 2 N–H and O–H groups in total. The number of aliphatic hydroxyl groups excluding tert-OH is 1. The van der Waals surface area contributed by atoms with Gasteiger partial charge in [0.25, 0.3) is 11.4 Å². The van der Waals surface area contributed by atoms with Gasteiger partial charge < -0.3 is 29.4 Å². The highest BCUT2D eigenvalue weighted by Gasteiger charge is 2.47. The van der Waals surface area contributed by atoms with E-state index in [1.807, 2.05) is 91.0 Å². The molecule has 0 bridgehead atoms. The van der Waals surface area contributed by atoms with Crippen molar-refractivity contribution in [2.24, 2.45) is 0 Å². The lowest BCUT2D eigenvalue weighted by Gasteiger charge is -2.44. The summed E-state index contributed by atoms with van der Waals surface area (Å²) in [5.41, 5.74) is 1.64. The lowest BCUT2D eigenvalue weighted by atomic mass is 9.96. The van der Waals surface area contributed by atoms with Crippen molar-refractivity contribution in [3.8, 4) is 0 Å². The summed E-state index contributed by atoms with van der Waals surface area (Å²) in [4.78, 5) is 21.8. The molecular formula is C33H33N3O9. The summed E-state index contributed by atoms with van der Waals surface area (Å²) in [5, 5.41) is 38.0. The number of anilines is 1. The first kappa shape index (κ1) is 31.7. The maximum atomic E-state index is 11.9. The van der Waals surface area contributed by atoms with Crippen LogP contribution in [-0.2, 0) is 38.8 Å². The highest BCUT2D eigenvalue weighted by Crippen LogP contribution is 2.34. The molecule has 45 heavy (non-hydrogen) atoms. The Balaban J connectivity index is 1.43. The number of nitro benzene ring substituents is 2. The summed E-state index contributed by atoms with van der Waals surface area (Å²) in [6.45, 7) is 0.627. The molecule has 0 aromatic heterocycles. The number of non-ortho nitro benzene ring substituents is 1. The van der Waals surface area contributed by atoms with E-state index in [1.54, 1.807) is 0 Å². The molecule has 1 saturated heterocycles. The van der Waals surface area contributed by atoms with Gasteiger partial charge in [0.05, 0.1) is 42.3 Å². The van der Waals surface area contributed by atoms with Crippen LogP contribution in [0.5, 0.6) is 0 Å². The lowest BCUT2D eigenvalue weighted by molar-refractivity contribution is -0.393. The molecule has 0 aliphatic carbocycles. The summed E-state index contributed by atoms with van der Waals surface area (Å²) in [6, 6.07) is 30.5. The zero-order valence-corrected chi connectivity index (χ0v) is 24.2. The molecule has 0 amide bonds. The average Bonchev–Trinajstić information content (AvgIpc) is 3.06. The van der Waals surface area contributed by atoms with Gasteiger partial charge in [-0.05, 0) is 22.8 Å². The molecule has 0 saturated carbocycles. The number of nitrogens with zero attached hydrogens (tertiary/aromatic N) is 2. The van der Waals surface area contributed by atoms with Crippen LogP contribution in [0.1, 0.15) is 16.7 Å². The van der Waals surface area contributed by atoms with Crippen molar-refractivity contribution in [3.05, 3.63) is 146 Å². The van der Waals surface area contributed by atoms with E-state index in [2.05, 4.69) is 5.32 Å². The minimum Gasteiger partial charge on any atom is -0.388 e. The second-order valence-corrected chi connectivity index (χ2v) is 10.5. The van der Waals surface area contributed by atoms with Gasteiger partial charge in [0, 0.05) is 6.07 Å². The van der Waals surface area contributed by atoms with Gasteiger partial charge in [0.15, 0.2) is 6.29 Å². The van der Waals surface area contributed by atoms with E-state index >= 15 is 0 Å². The molecule has 5 atom stereocenters. The van der Waals surface area contributed by atoms with Crippen LogP contribution < -0.4 is 5.32 Å². The van der Waals surface area contributed by atoms with Gasteiger partial charge in [-0.25, -0.2) is 0 Å². The Labute approximate surface area is 259 Å². The van der Waals surface area contributed by atoms with Crippen molar-refractivity contribution < 1.29 is 33.9 Å². The van der Waals surface area contributed by atoms with Crippen molar-refractivity contribution in [2.45, 2.75) is 50.5 Å². The van der Waals surface area contributed by atoms with Crippen LogP contribution in [0.3, 0.4) is 0 Å². The van der Waals surface area contributed by atoms with E-state index in [0.29, 0.717) is 6.61 Å². The molecule has 12 nitrogen and oxygen atoms in total. The summed E-state index contributed by atoms with van der Waals surface area (Å²) in [5.74, 6) is 0. The Hall–Kier alpha value is -4.72. The zero-order chi connectivity index (χ0) is 31.6. The Morgan fingerprint density at radius 3 is 1.84 bits per heavy atom. The van der Waals surface area contributed by atoms with E-state index < -0.39 is 51.9 Å². The third-order valence-electron chi connectivity index (χ3n) is 7.32. The lowest BCUT2D eigenvalue weighted by Crippen LogP contribution is -2.62. The summed E-state index contributed by atoms with van der Waals surface area (Å²) >= 11 is 0. The van der Waals surface area contributed by atoms with Crippen molar-refractivity contribution >= 4 is 17.1 Å². The van der Waals surface area contributed by atoms with Gasteiger partial charge in [-0.3, -0.25) is 20.2 Å². The number of hydrogen-bond acceptors (Lipinski definition) is 10. The van der Waals surface area contributed by atoms with Crippen LogP contribution in [-0.4, -0.2) is 52.2 Å². The van der Waals surface area contributed by atoms with Crippen LogP contribution in [0, 0.1) is 20.2 Å². The van der Waals surface area contributed by atoms with Crippen LogP contribution in [0.2, 0.25) is 0 Å². The molecule has 1 heterocycles. The molecule has 234 valence electrons. The average molecular weight is 616 g/mol. The van der Waals surface area contributed by atoms with Gasteiger partial charge in [-0.15, -0.1) is 0 Å². The maximum absolute atomic E-state index is 11.9. The molecule has 0 spiro atoms. The maximum Gasteiger partial charge on any atom is 0.299 e. The first-order valence-electron chi connectivity index (χ1n) is 14.3. The number of nitro groups is 2. The van der Waals surface area contributed by atoms with Gasteiger partial charge >= 0.3 is 0 Å². The number of benzene rings is 4. The van der Waals surface area contributed by atoms with E-state index in [9.17, 15) is 25.3 Å². The number of nitrogens with one attached hydrogen (secondary N) is 1. The number of aliphatic hydroxyl groups is 1. The van der Waals surface area contributed by atoms with Gasteiger partial charge in [0.2, 0.25) is 0 Å². The minimum absolute atomic E-state index is 0.0489. The largest absolute Gasteiger partial charge is 0.388 e. The SMILES string of the molecule is O=[N+]([O-])c1ccc(N[C@H]2[C@H](OCc3ccccc3)O[C@H](COCc3ccccc3)[C@@H](OCc3ccccc3)[C@@H]2O)c([N+](=O)[O-])c1. The zero-order valence-electron chi connectivity index (χ0n) is 24.2. The second kappa shape index (κ2) is 15.3. The first-order chi connectivity index (χ1) is 21.9. The van der Waals surface area contributed by atoms with E-state index in [0.717, 1.165) is 28.8 Å². The van der Waals surface area contributed by atoms with Crippen molar-refractivity contribution in [1.29, 1.82) is 0 Å². The fourth-order valence-electron chi connectivity index (χ4n) is 5.03. The molecule has 1 aliphatic rings. The predicted octanol–water partition coefficient (Wildman–Crippen LogP) is 5.39. The Kier molecular flexibility index (Phi) is 10.8. The van der Waals surface area contributed by atoms with E-state index in [1.165, 1.54) is 6.07 Å². The third kappa shape index (κ3) is 8.47. The van der Waals surface area contributed by atoms with E-state index in [4.69, 9.17) is 18.9 Å². The topological polar surface area (TPSA) is 155 Å². The number of ether oxygens (including phenoxy) is 4. The Morgan fingerprint density at radius 1 is 0.733 bits per heavy atom. The molecular weight excluding hydrogens is 582 g/mol. The molecule has 0 radical (unpaired) electrons. The van der Waals surface area contributed by atoms with Gasteiger partial charge in [0.1, 0.15) is 30.0 Å². The van der Waals surface area contributed by atoms with Gasteiger partial charge in [-0.2, -0.15) is 0 Å². The molecule has 4 aromatic rings. The smallest absolute Gasteiger partial charge is 0.299 e. The van der Waals surface area contributed by atoms with Crippen molar-refractivity contribution in [1.82, 2.24) is 0 Å². The minimum atomic E-state index is -1.30. The second-order valence-electron chi connectivity index (χ2n) is 10.5. The summed E-state index contributed by atoms with van der Waals surface area (Å²) in [6.07, 6.45) is -4.13. The highest BCUT2D eigenvalue weighted by atomic mass is 16.7. The number of rotatable bonds is 14.